The molecule has 106 valence electrons. The normalized spacial score (nSPS) is 12.4. The Morgan fingerprint density at radius 2 is 2.10 bits per heavy atom. The summed E-state index contributed by atoms with van der Waals surface area (Å²) < 4.78 is 0. The van der Waals surface area contributed by atoms with Gasteiger partial charge in [0.25, 0.3) is 0 Å². The van der Waals surface area contributed by atoms with Gasteiger partial charge in [0, 0.05) is 23.3 Å². The predicted octanol–water partition coefficient (Wildman–Crippen LogP) is 3.35. The maximum Gasteiger partial charge on any atom is 0.0517 e. The maximum absolute atomic E-state index is 5.99. The molecule has 0 spiro atoms. The molecule has 0 saturated carbocycles. The molecule has 0 amide bonds. The number of hydrogen-bond acceptors (Lipinski definition) is 3. The van der Waals surface area contributed by atoms with Crippen molar-refractivity contribution in [3.05, 3.63) is 63.9 Å². The molecule has 0 aliphatic heterocycles. The molecule has 0 aliphatic carbocycles. The number of aromatic nitrogens is 1. The van der Waals surface area contributed by atoms with Gasteiger partial charge in [-0.1, -0.05) is 30.7 Å². The summed E-state index contributed by atoms with van der Waals surface area (Å²) in [5.41, 5.74) is 7.43. The molecule has 3 N–H and O–H groups in total. The van der Waals surface area contributed by atoms with Gasteiger partial charge in [0.05, 0.1) is 6.04 Å². The van der Waals surface area contributed by atoms with E-state index in [0.717, 1.165) is 34.7 Å². The molecular weight excluding hydrogens is 270 g/mol. The van der Waals surface area contributed by atoms with Gasteiger partial charge in [-0.3, -0.25) is 16.3 Å². The van der Waals surface area contributed by atoms with E-state index in [2.05, 4.69) is 29.5 Å². The van der Waals surface area contributed by atoms with E-state index in [1.165, 1.54) is 5.56 Å². The quantitative estimate of drug-likeness (QED) is 0.655. The van der Waals surface area contributed by atoms with Gasteiger partial charge in [0.15, 0.2) is 0 Å². The number of benzene rings is 1. The third-order valence-corrected chi connectivity index (χ3v) is 3.75. The average Bonchev–Trinajstić information content (AvgIpc) is 2.46. The van der Waals surface area contributed by atoms with Crippen LogP contribution in [0, 0.1) is 6.92 Å². The van der Waals surface area contributed by atoms with Crippen LogP contribution in [0.25, 0.3) is 0 Å². The van der Waals surface area contributed by atoms with E-state index in [1.54, 1.807) is 0 Å². The van der Waals surface area contributed by atoms with Crippen LogP contribution < -0.4 is 11.3 Å². The van der Waals surface area contributed by atoms with Gasteiger partial charge < -0.3 is 0 Å². The Morgan fingerprint density at radius 3 is 2.65 bits per heavy atom. The summed E-state index contributed by atoms with van der Waals surface area (Å²) in [5.74, 6) is 5.70. The molecule has 1 aromatic heterocycles. The summed E-state index contributed by atoms with van der Waals surface area (Å²) in [6.07, 6.45) is 3.68. The number of halogens is 1. The van der Waals surface area contributed by atoms with E-state index >= 15 is 0 Å². The van der Waals surface area contributed by atoms with Crippen LogP contribution in [-0.4, -0.2) is 4.98 Å². The number of hydrazine groups is 1. The smallest absolute Gasteiger partial charge is 0.0517 e. The van der Waals surface area contributed by atoms with Crippen LogP contribution in [0.2, 0.25) is 5.02 Å². The van der Waals surface area contributed by atoms with Crippen LogP contribution in [0.1, 0.15) is 35.3 Å². The Hall–Kier alpha value is -1.42. The minimum atomic E-state index is 0.0345. The summed E-state index contributed by atoms with van der Waals surface area (Å²) in [4.78, 5) is 4.49. The molecule has 0 fully saturated rings. The Kier molecular flexibility index (Phi) is 5.12. The fraction of sp³-hybridized carbons (Fsp3) is 0.312. The van der Waals surface area contributed by atoms with Crippen molar-refractivity contribution in [1.82, 2.24) is 10.4 Å². The van der Waals surface area contributed by atoms with E-state index in [0.29, 0.717) is 0 Å². The lowest BCUT2D eigenvalue weighted by Crippen LogP contribution is -2.30. The van der Waals surface area contributed by atoms with Crippen molar-refractivity contribution < 1.29 is 0 Å². The summed E-state index contributed by atoms with van der Waals surface area (Å²) in [7, 11) is 0. The van der Waals surface area contributed by atoms with E-state index in [4.69, 9.17) is 17.4 Å². The fourth-order valence-electron chi connectivity index (χ4n) is 2.28. The van der Waals surface area contributed by atoms with Crippen molar-refractivity contribution in [3.8, 4) is 0 Å². The Labute approximate surface area is 125 Å². The van der Waals surface area contributed by atoms with Gasteiger partial charge in [-0.05, 0) is 48.2 Å². The van der Waals surface area contributed by atoms with Gasteiger partial charge in [-0.2, -0.15) is 0 Å². The molecule has 0 bridgehead atoms. The monoisotopic (exact) mass is 289 g/mol. The zero-order valence-corrected chi connectivity index (χ0v) is 12.6. The summed E-state index contributed by atoms with van der Waals surface area (Å²) in [5, 5.41) is 0.743. The molecule has 0 radical (unpaired) electrons. The van der Waals surface area contributed by atoms with Gasteiger partial charge >= 0.3 is 0 Å². The van der Waals surface area contributed by atoms with Crippen molar-refractivity contribution in [2.75, 3.05) is 0 Å². The van der Waals surface area contributed by atoms with Gasteiger partial charge in [-0.25, -0.2) is 0 Å². The first-order chi connectivity index (χ1) is 9.63. The highest BCUT2D eigenvalue weighted by molar-refractivity contribution is 6.30. The van der Waals surface area contributed by atoms with Crippen LogP contribution in [-0.2, 0) is 12.8 Å². The number of rotatable bonds is 5. The molecule has 2 aromatic rings. The van der Waals surface area contributed by atoms with Crippen molar-refractivity contribution in [1.29, 1.82) is 0 Å². The predicted molar refractivity (Wildman–Crippen MR) is 83.6 cm³/mol. The second-order valence-corrected chi connectivity index (χ2v) is 5.37. The lowest BCUT2D eigenvalue weighted by Gasteiger charge is -2.18. The van der Waals surface area contributed by atoms with E-state index in [1.807, 2.05) is 31.3 Å². The second-order valence-electron chi connectivity index (χ2n) is 4.94. The van der Waals surface area contributed by atoms with Crippen molar-refractivity contribution >= 4 is 11.6 Å². The number of nitrogens with two attached hydrogens (primary N) is 1. The molecule has 4 heteroatoms. The van der Waals surface area contributed by atoms with E-state index < -0.39 is 0 Å². The first-order valence-corrected chi connectivity index (χ1v) is 7.17. The highest BCUT2D eigenvalue weighted by Crippen LogP contribution is 2.23. The summed E-state index contributed by atoms with van der Waals surface area (Å²) in [6.45, 7) is 4.16. The highest BCUT2D eigenvalue weighted by atomic mass is 35.5. The molecular formula is C16H20ClN3. The zero-order chi connectivity index (χ0) is 14.5. The SMILES string of the molecule is CCc1ccc(CC(NN)c2ccc(Cl)cc2C)nc1. The summed E-state index contributed by atoms with van der Waals surface area (Å²) in [6, 6.07) is 10.1. The number of hydrogen-bond donors (Lipinski definition) is 2. The first-order valence-electron chi connectivity index (χ1n) is 6.80. The number of nitrogens with one attached hydrogen (secondary N) is 1. The van der Waals surface area contributed by atoms with E-state index in [9.17, 15) is 0 Å². The maximum atomic E-state index is 5.99. The molecule has 20 heavy (non-hydrogen) atoms. The Bertz CT molecular complexity index is 566. The fourth-order valence-corrected chi connectivity index (χ4v) is 2.51. The van der Waals surface area contributed by atoms with Crippen molar-refractivity contribution in [2.24, 2.45) is 5.84 Å². The molecule has 2 rings (SSSR count). The Morgan fingerprint density at radius 1 is 1.30 bits per heavy atom. The Balaban J connectivity index is 2.19. The molecule has 1 atom stereocenters. The van der Waals surface area contributed by atoms with Crippen LogP contribution in [0.15, 0.2) is 36.5 Å². The molecule has 0 aliphatic rings. The van der Waals surface area contributed by atoms with Crippen molar-refractivity contribution in [3.63, 3.8) is 0 Å². The lowest BCUT2D eigenvalue weighted by atomic mass is 9.97. The highest BCUT2D eigenvalue weighted by Gasteiger charge is 2.14. The molecule has 1 aromatic carbocycles. The van der Waals surface area contributed by atoms with Crippen LogP contribution >= 0.6 is 11.6 Å². The number of nitrogens with zero attached hydrogens (tertiary/aromatic N) is 1. The zero-order valence-electron chi connectivity index (χ0n) is 11.9. The number of aryl methyl sites for hydroxylation is 2. The minimum absolute atomic E-state index is 0.0345. The molecule has 3 nitrogen and oxygen atoms in total. The standard InChI is InChI=1S/C16H20ClN3/c1-3-12-4-6-14(19-10-12)9-16(20-18)15-7-5-13(17)8-11(15)2/h4-8,10,16,20H,3,9,18H2,1-2H3. The van der Waals surface area contributed by atoms with Crippen LogP contribution in [0.4, 0.5) is 0 Å². The van der Waals surface area contributed by atoms with Crippen molar-refractivity contribution in [2.45, 2.75) is 32.7 Å². The van der Waals surface area contributed by atoms with Crippen LogP contribution in [0.5, 0.6) is 0 Å². The van der Waals surface area contributed by atoms with Crippen LogP contribution in [0.3, 0.4) is 0 Å². The summed E-state index contributed by atoms with van der Waals surface area (Å²) >= 11 is 5.99. The van der Waals surface area contributed by atoms with Gasteiger partial charge in [-0.15, -0.1) is 0 Å². The molecule has 1 heterocycles. The molecule has 0 saturated heterocycles. The number of pyridine rings is 1. The topological polar surface area (TPSA) is 50.9 Å². The third kappa shape index (κ3) is 3.57. The largest absolute Gasteiger partial charge is 0.271 e. The molecule has 1 unspecified atom stereocenters. The average molecular weight is 290 g/mol. The lowest BCUT2D eigenvalue weighted by molar-refractivity contribution is 0.543. The van der Waals surface area contributed by atoms with Gasteiger partial charge in [0.2, 0.25) is 0 Å². The third-order valence-electron chi connectivity index (χ3n) is 3.52. The first kappa shape index (κ1) is 15.0. The van der Waals surface area contributed by atoms with Gasteiger partial charge in [0.1, 0.15) is 0 Å². The minimum Gasteiger partial charge on any atom is -0.271 e. The second kappa shape index (κ2) is 6.84. The van der Waals surface area contributed by atoms with E-state index in [-0.39, 0.29) is 6.04 Å².